The number of hydrogen-bond donors (Lipinski definition) is 2. The molecule has 0 aromatic carbocycles. The van der Waals surface area contributed by atoms with E-state index in [4.69, 9.17) is 9.84 Å². The van der Waals surface area contributed by atoms with Gasteiger partial charge in [-0.3, -0.25) is 14.6 Å². The quantitative estimate of drug-likeness (QED) is 0.736. The molecule has 3 rings (SSSR count). The minimum Gasteiger partial charge on any atom is -0.480 e. The first kappa shape index (κ1) is 18.0. The Morgan fingerprint density at radius 2 is 2.12 bits per heavy atom. The van der Waals surface area contributed by atoms with Crippen molar-refractivity contribution in [1.29, 1.82) is 0 Å². The van der Waals surface area contributed by atoms with Gasteiger partial charge in [0.1, 0.15) is 0 Å². The number of rotatable bonds is 7. The molecule has 3 heterocycles. The van der Waals surface area contributed by atoms with Crippen molar-refractivity contribution in [2.45, 2.75) is 25.9 Å². The van der Waals surface area contributed by atoms with Gasteiger partial charge in [0.15, 0.2) is 0 Å². The molecule has 2 bridgehead atoms. The minimum atomic E-state index is -0.768. The summed E-state index contributed by atoms with van der Waals surface area (Å²) in [5, 5.41) is 12.3. The van der Waals surface area contributed by atoms with Crippen LogP contribution in [-0.2, 0) is 16.1 Å². The monoisotopic (exact) mass is 349 g/mol. The van der Waals surface area contributed by atoms with Crippen molar-refractivity contribution in [3.8, 4) is 0 Å². The molecule has 0 amide bonds. The maximum Gasteiger partial charge on any atom is 0.317 e. The number of aromatic nitrogens is 2. The molecule has 2 N–H and O–H groups in total. The predicted molar refractivity (Wildman–Crippen MR) is 93.4 cm³/mol. The molecule has 1 aromatic heterocycles. The normalized spacial score (nSPS) is 24.7. The lowest BCUT2D eigenvalue weighted by Gasteiger charge is -2.30. The molecule has 0 spiro atoms. The minimum absolute atomic E-state index is 0.0990. The SMILES string of the molecule is CCCNc1ncc(CN2C[C@H]3COC[C@@H]2CN(CC(=O)O)C3)cn1. The molecule has 0 saturated carbocycles. The number of fused-ring (bicyclic) bond motifs is 3. The van der Waals surface area contributed by atoms with Gasteiger partial charge < -0.3 is 15.2 Å². The van der Waals surface area contributed by atoms with E-state index in [9.17, 15) is 4.79 Å². The van der Waals surface area contributed by atoms with E-state index < -0.39 is 5.97 Å². The molecule has 2 aliphatic heterocycles. The third-order valence-corrected chi connectivity index (χ3v) is 4.64. The third-order valence-electron chi connectivity index (χ3n) is 4.64. The zero-order chi connectivity index (χ0) is 17.6. The molecule has 2 atom stereocenters. The lowest BCUT2D eigenvalue weighted by molar-refractivity contribution is -0.138. The van der Waals surface area contributed by atoms with E-state index in [1.54, 1.807) is 0 Å². The first-order valence-corrected chi connectivity index (χ1v) is 8.94. The van der Waals surface area contributed by atoms with Crippen molar-refractivity contribution >= 4 is 11.9 Å². The number of carboxylic acid groups (broad SMARTS) is 1. The average molecular weight is 349 g/mol. The Bertz CT molecular complexity index is 568. The Morgan fingerprint density at radius 1 is 1.32 bits per heavy atom. The van der Waals surface area contributed by atoms with Crippen LogP contribution in [0.1, 0.15) is 18.9 Å². The van der Waals surface area contributed by atoms with Gasteiger partial charge in [-0.25, -0.2) is 9.97 Å². The van der Waals surface area contributed by atoms with Crippen LogP contribution in [0.3, 0.4) is 0 Å². The summed E-state index contributed by atoms with van der Waals surface area (Å²) in [4.78, 5) is 24.2. The van der Waals surface area contributed by atoms with Crippen molar-refractivity contribution in [2.75, 3.05) is 51.3 Å². The number of hydrogen-bond acceptors (Lipinski definition) is 7. The predicted octanol–water partition coefficient (Wildman–Crippen LogP) is 0.516. The molecule has 0 unspecified atom stereocenters. The van der Waals surface area contributed by atoms with Crippen LogP contribution in [0.2, 0.25) is 0 Å². The van der Waals surface area contributed by atoms with E-state index in [0.717, 1.165) is 44.7 Å². The Hall–Kier alpha value is -1.77. The van der Waals surface area contributed by atoms with Gasteiger partial charge in [0.2, 0.25) is 5.95 Å². The summed E-state index contributed by atoms with van der Waals surface area (Å²) in [5.41, 5.74) is 1.07. The van der Waals surface area contributed by atoms with Crippen LogP contribution in [-0.4, -0.2) is 82.8 Å². The van der Waals surface area contributed by atoms with Crippen LogP contribution in [0.4, 0.5) is 5.95 Å². The Morgan fingerprint density at radius 3 is 2.84 bits per heavy atom. The molecule has 8 heteroatoms. The fourth-order valence-electron chi connectivity index (χ4n) is 3.54. The van der Waals surface area contributed by atoms with E-state index in [-0.39, 0.29) is 12.6 Å². The van der Waals surface area contributed by atoms with Crippen LogP contribution < -0.4 is 5.32 Å². The summed E-state index contributed by atoms with van der Waals surface area (Å²) in [6, 6.07) is 0.199. The molecule has 0 radical (unpaired) electrons. The molecule has 8 nitrogen and oxygen atoms in total. The summed E-state index contributed by atoms with van der Waals surface area (Å²) < 4.78 is 5.79. The molecule has 2 aliphatic rings. The Balaban J connectivity index is 1.64. The molecule has 0 aliphatic carbocycles. The van der Waals surface area contributed by atoms with Crippen LogP contribution in [0, 0.1) is 5.92 Å². The second kappa shape index (κ2) is 8.55. The second-order valence-corrected chi connectivity index (χ2v) is 6.92. The van der Waals surface area contributed by atoms with Gasteiger partial charge in [-0.15, -0.1) is 0 Å². The van der Waals surface area contributed by atoms with Crippen LogP contribution in [0.5, 0.6) is 0 Å². The van der Waals surface area contributed by atoms with E-state index in [0.29, 0.717) is 25.1 Å². The topological polar surface area (TPSA) is 90.8 Å². The fourth-order valence-corrected chi connectivity index (χ4v) is 3.54. The lowest BCUT2D eigenvalue weighted by Crippen LogP contribution is -2.44. The van der Waals surface area contributed by atoms with Gasteiger partial charge in [-0.2, -0.15) is 0 Å². The second-order valence-electron chi connectivity index (χ2n) is 6.92. The molecule has 138 valence electrons. The van der Waals surface area contributed by atoms with Gasteiger partial charge >= 0.3 is 5.97 Å². The number of nitrogens with zero attached hydrogens (tertiary/aromatic N) is 4. The molecule has 2 saturated heterocycles. The van der Waals surface area contributed by atoms with Crippen molar-refractivity contribution in [3.63, 3.8) is 0 Å². The molecular weight excluding hydrogens is 322 g/mol. The largest absolute Gasteiger partial charge is 0.480 e. The van der Waals surface area contributed by atoms with Crippen molar-refractivity contribution in [1.82, 2.24) is 19.8 Å². The zero-order valence-corrected chi connectivity index (χ0v) is 14.7. The van der Waals surface area contributed by atoms with Crippen LogP contribution >= 0.6 is 0 Å². The summed E-state index contributed by atoms with van der Waals surface area (Å²) in [6.07, 6.45) is 4.78. The van der Waals surface area contributed by atoms with Crippen molar-refractivity contribution in [2.24, 2.45) is 5.92 Å². The number of aliphatic carboxylic acids is 1. The van der Waals surface area contributed by atoms with E-state index in [2.05, 4.69) is 27.1 Å². The first-order chi connectivity index (χ1) is 12.1. The summed E-state index contributed by atoms with van der Waals surface area (Å²) in [6.45, 7) is 7.58. The summed E-state index contributed by atoms with van der Waals surface area (Å²) in [7, 11) is 0. The van der Waals surface area contributed by atoms with Gasteiger partial charge in [0.05, 0.1) is 19.8 Å². The first-order valence-electron chi connectivity index (χ1n) is 8.94. The fraction of sp³-hybridized carbons (Fsp3) is 0.706. The highest BCUT2D eigenvalue weighted by Gasteiger charge is 2.33. The lowest BCUT2D eigenvalue weighted by atomic mass is 10.1. The standard InChI is InChI=1S/C17H27N5O3/c1-2-3-18-17-19-4-13(5-20-17)7-22-8-14-6-21(10-16(23)24)9-15(22)12-25-11-14/h4-5,14-15H,2-3,6-12H2,1H3,(H,23,24)(H,18,19,20)/t14-,15-/m0/s1. The summed E-state index contributed by atoms with van der Waals surface area (Å²) in [5.74, 6) is 0.227. The van der Waals surface area contributed by atoms with Crippen molar-refractivity contribution in [3.05, 3.63) is 18.0 Å². The van der Waals surface area contributed by atoms with Gasteiger partial charge in [0.25, 0.3) is 0 Å². The number of carbonyl (C=O) groups is 1. The highest BCUT2D eigenvalue weighted by atomic mass is 16.5. The van der Waals surface area contributed by atoms with Crippen LogP contribution in [0.15, 0.2) is 12.4 Å². The van der Waals surface area contributed by atoms with Gasteiger partial charge in [0, 0.05) is 62.6 Å². The number of anilines is 1. The zero-order valence-electron chi connectivity index (χ0n) is 14.7. The highest BCUT2D eigenvalue weighted by molar-refractivity contribution is 5.69. The average Bonchev–Trinajstić information content (AvgIpc) is 2.83. The van der Waals surface area contributed by atoms with E-state index in [1.165, 1.54) is 0 Å². The van der Waals surface area contributed by atoms with Crippen molar-refractivity contribution < 1.29 is 14.6 Å². The van der Waals surface area contributed by atoms with E-state index >= 15 is 0 Å². The molecule has 25 heavy (non-hydrogen) atoms. The van der Waals surface area contributed by atoms with E-state index in [1.807, 2.05) is 17.3 Å². The maximum atomic E-state index is 11.1. The third kappa shape index (κ3) is 5.10. The molecule has 1 aromatic rings. The summed E-state index contributed by atoms with van der Waals surface area (Å²) >= 11 is 0. The number of carboxylic acids is 1. The Kier molecular flexibility index (Phi) is 6.17. The van der Waals surface area contributed by atoms with Crippen LogP contribution in [0.25, 0.3) is 0 Å². The number of nitrogens with one attached hydrogen (secondary N) is 1. The van der Waals surface area contributed by atoms with Gasteiger partial charge in [-0.05, 0) is 6.42 Å². The number of ether oxygens (including phenoxy) is 1. The highest BCUT2D eigenvalue weighted by Crippen LogP contribution is 2.21. The molecule has 2 fully saturated rings. The van der Waals surface area contributed by atoms with Gasteiger partial charge in [-0.1, -0.05) is 6.92 Å². The molecular formula is C17H27N5O3. The maximum absolute atomic E-state index is 11.1. The Labute approximate surface area is 148 Å². The smallest absolute Gasteiger partial charge is 0.317 e.